The highest BCUT2D eigenvalue weighted by atomic mass is 32.1. The maximum absolute atomic E-state index is 13.8. The van der Waals surface area contributed by atoms with Gasteiger partial charge in [-0.25, -0.2) is 4.98 Å². The molecule has 0 aromatic carbocycles. The normalized spacial score (nSPS) is 17.0. The number of hydrogen-bond acceptors (Lipinski definition) is 8. The first-order chi connectivity index (χ1) is 22.1. The molecule has 1 aliphatic carbocycles. The van der Waals surface area contributed by atoms with Crippen LogP contribution in [0.3, 0.4) is 0 Å². The summed E-state index contributed by atoms with van der Waals surface area (Å²) in [5.41, 5.74) is 6.00. The highest BCUT2D eigenvalue weighted by Crippen LogP contribution is 2.37. The molecule has 12 nitrogen and oxygen atoms in total. The number of nitrogens with one attached hydrogen (secondary N) is 1. The molecule has 6 heterocycles. The van der Waals surface area contributed by atoms with Gasteiger partial charge in [0.15, 0.2) is 5.82 Å². The van der Waals surface area contributed by atoms with Crippen LogP contribution in [0.5, 0.6) is 0 Å². The van der Waals surface area contributed by atoms with Gasteiger partial charge in [0.2, 0.25) is 0 Å². The van der Waals surface area contributed by atoms with Crippen LogP contribution in [0.25, 0.3) is 22.5 Å². The molecule has 2 N–H and O–H groups in total. The van der Waals surface area contributed by atoms with Gasteiger partial charge in [0.25, 0.3) is 11.1 Å². The molecule has 0 amide bonds. The Balaban J connectivity index is 0.00000386. The van der Waals surface area contributed by atoms with Crippen molar-refractivity contribution in [3.8, 4) is 16.9 Å². The number of methoxy groups -OCH3 is 1. The Kier molecular flexibility index (Phi) is 8.68. The van der Waals surface area contributed by atoms with E-state index in [0.717, 1.165) is 38.2 Å². The van der Waals surface area contributed by atoms with Gasteiger partial charge in [-0.15, -0.1) is 0 Å². The fourth-order valence-electron chi connectivity index (χ4n) is 7.15. The standard InChI is InChI=1S/C34H40N8O4.H2S/c1-21-27-16-30(37-42(27)11-8-39(21)12-13-46-5)36-26-14-23(19-38(4)32(26)44)24-6-7-35-31(25(24)20-43)41-10-9-40-28(33(41)45)15-22-17-34(2,3)18-29(22)40;/h6-7,9-10,14-16,19,21,43H,8,11-13,17-18,20H2,1-5H3,(H,36,37);1H2/t21-;/m0./s1. The number of aliphatic hydroxyl groups is 1. The molecule has 13 heteroatoms. The number of anilines is 2. The average molecular weight is 659 g/mol. The molecule has 5 aromatic rings. The molecule has 7 rings (SSSR count). The van der Waals surface area contributed by atoms with Crippen molar-refractivity contribution in [2.45, 2.75) is 52.8 Å². The van der Waals surface area contributed by atoms with Crippen LogP contribution in [0.15, 0.2) is 58.6 Å². The second kappa shape index (κ2) is 12.5. The molecule has 2 aliphatic rings. The van der Waals surface area contributed by atoms with E-state index < -0.39 is 0 Å². The van der Waals surface area contributed by atoms with Crippen LogP contribution in [0.4, 0.5) is 11.5 Å². The smallest absolute Gasteiger partial charge is 0.280 e. The number of ether oxygens (including phenoxy) is 1. The monoisotopic (exact) mass is 658 g/mol. The third-order valence-corrected chi connectivity index (χ3v) is 9.49. The van der Waals surface area contributed by atoms with Gasteiger partial charge in [0.05, 0.1) is 25.5 Å². The Morgan fingerprint density at radius 2 is 1.91 bits per heavy atom. The topological polar surface area (TPSA) is 124 Å². The van der Waals surface area contributed by atoms with Crippen LogP contribution in [-0.2, 0) is 37.8 Å². The SMILES string of the molecule is COCCN1CCn2nc(Nc3cc(-c4ccnc(-n5ccn6c7c(cc6c5=O)CC(C)(C)C7)c4CO)cn(C)c3=O)cc2[C@@H]1C.S. The van der Waals surface area contributed by atoms with E-state index in [2.05, 4.69) is 36.0 Å². The van der Waals surface area contributed by atoms with Crippen molar-refractivity contribution in [3.05, 3.63) is 92.3 Å². The third-order valence-electron chi connectivity index (χ3n) is 9.49. The number of fused-ring (bicyclic) bond motifs is 4. The zero-order chi connectivity index (χ0) is 32.3. The minimum atomic E-state index is -0.349. The zero-order valence-electron chi connectivity index (χ0n) is 27.4. The lowest BCUT2D eigenvalue weighted by Gasteiger charge is -2.33. The van der Waals surface area contributed by atoms with E-state index in [1.807, 2.05) is 27.4 Å². The van der Waals surface area contributed by atoms with Crippen molar-refractivity contribution in [2.75, 3.05) is 32.1 Å². The molecule has 1 aliphatic heterocycles. The summed E-state index contributed by atoms with van der Waals surface area (Å²) in [6.45, 7) is 9.39. The zero-order valence-corrected chi connectivity index (χ0v) is 28.4. The molecule has 248 valence electrons. The molecule has 47 heavy (non-hydrogen) atoms. The van der Waals surface area contributed by atoms with Crippen LogP contribution in [0.2, 0.25) is 0 Å². The maximum Gasteiger partial charge on any atom is 0.280 e. The second-order valence-electron chi connectivity index (χ2n) is 13.2. The Labute approximate surface area is 279 Å². The van der Waals surface area contributed by atoms with Crippen LogP contribution >= 0.6 is 13.5 Å². The maximum atomic E-state index is 13.8. The predicted molar refractivity (Wildman–Crippen MR) is 186 cm³/mol. The lowest BCUT2D eigenvalue weighted by atomic mass is 9.90. The first-order valence-electron chi connectivity index (χ1n) is 15.7. The van der Waals surface area contributed by atoms with Crippen molar-refractivity contribution >= 4 is 30.5 Å². The summed E-state index contributed by atoms with van der Waals surface area (Å²) in [5, 5.41) is 18.6. The number of pyridine rings is 2. The third kappa shape index (κ3) is 5.71. The van der Waals surface area contributed by atoms with Gasteiger partial charge in [-0.2, -0.15) is 18.6 Å². The minimum Gasteiger partial charge on any atom is -0.392 e. The summed E-state index contributed by atoms with van der Waals surface area (Å²) in [4.78, 5) is 34.0. The van der Waals surface area contributed by atoms with Crippen LogP contribution in [0, 0.1) is 5.41 Å². The van der Waals surface area contributed by atoms with E-state index in [9.17, 15) is 14.7 Å². The molecule has 0 radical (unpaired) electrons. The molecule has 0 fully saturated rings. The van der Waals surface area contributed by atoms with E-state index >= 15 is 0 Å². The summed E-state index contributed by atoms with van der Waals surface area (Å²) < 4.78 is 12.3. The quantitative estimate of drug-likeness (QED) is 0.260. The van der Waals surface area contributed by atoms with E-state index in [1.54, 1.807) is 44.9 Å². The van der Waals surface area contributed by atoms with E-state index in [0.29, 0.717) is 46.1 Å². The molecule has 0 bridgehead atoms. The fraction of sp³-hybridized carbons (Fsp3) is 0.412. The number of hydrogen-bond donors (Lipinski definition) is 2. The lowest BCUT2D eigenvalue weighted by molar-refractivity contribution is 0.104. The summed E-state index contributed by atoms with van der Waals surface area (Å²) >= 11 is 0. The van der Waals surface area contributed by atoms with Gasteiger partial charge in [-0.3, -0.25) is 23.7 Å². The van der Waals surface area contributed by atoms with Crippen LogP contribution in [-0.4, -0.2) is 65.1 Å². The van der Waals surface area contributed by atoms with Crippen molar-refractivity contribution in [3.63, 3.8) is 0 Å². The van der Waals surface area contributed by atoms with Gasteiger partial charge in [0, 0.05) is 81.0 Å². The van der Waals surface area contributed by atoms with Crippen LogP contribution in [0.1, 0.15) is 49.3 Å². The summed E-state index contributed by atoms with van der Waals surface area (Å²) in [5.74, 6) is 0.941. The number of aryl methyl sites for hydroxylation is 1. The van der Waals surface area contributed by atoms with E-state index in [4.69, 9.17) is 9.84 Å². The van der Waals surface area contributed by atoms with Gasteiger partial charge in [-0.05, 0) is 54.5 Å². The van der Waals surface area contributed by atoms with E-state index in [1.165, 1.54) is 20.4 Å². The van der Waals surface area contributed by atoms with E-state index in [-0.39, 0.29) is 42.7 Å². The first kappa shape index (κ1) is 32.8. The molecule has 0 unspecified atom stereocenters. The Morgan fingerprint density at radius 1 is 1.11 bits per heavy atom. The Bertz CT molecular complexity index is 2090. The molecular weight excluding hydrogens is 616 g/mol. The molecular formula is C34H42N8O4S. The highest BCUT2D eigenvalue weighted by Gasteiger charge is 2.32. The molecule has 5 aromatic heterocycles. The molecule has 0 saturated carbocycles. The summed E-state index contributed by atoms with van der Waals surface area (Å²) in [6.07, 6.45) is 8.81. The van der Waals surface area contributed by atoms with Gasteiger partial charge in [0.1, 0.15) is 17.0 Å². The fourth-order valence-corrected chi connectivity index (χ4v) is 7.15. The van der Waals surface area contributed by atoms with Gasteiger partial charge < -0.3 is 24.1 Å². The Morgan fingerprint density at radius 3 is 2.68 bits per heavy atom. The van der Waals surface area contributed by atoms with Crippen molar-refractivity contribution in [2.24, 2.45) is 12.5 Å². The minimum absolute atomic E-state index is 0. The Hall–Kier alpha value is -4.17. The number of aromatic nitrogens is 6. The number of aliphatic hydroxyl groups excluding tert-OH is 1. The number of nitrogens with zero attached hydrogens (tertiary/aromatic N) is 7. The van der Waals surface area contributed by atoms with Gasteiger partial charge in [-0.1, -0.05) is 13.8 Å². The predicted octanol–water partition coefficient (Wildman–Crippen LogP) is 3.54. The first-order valence-corrected chi connectivity index (χ1v) is 15.7. The largest absolute Gasteiger partial charge is 0.392 e. The summed E-state index contributed by atoms with van der Waals surface area (Å²) in [7, 11) is 3.40. The number of rotatable bonds is 8. The molecule has 1 atom stereocenters. The van der Waals surface area contributed by atoms with Crippen molar-refractivity contribution in [1.82, 2.24) is 33.2 Å². The van der Waals surface area contributed by atoms with Gasteiger partial charge >= 0.3 is 0 Å². The van der Waals surface area contributed by atoms with Crippen molar-refractivity contribution < 1.29 is 9.84 Å². The highest BCUT2D eigenvalue weighted by molar-refractivity contribution is 7.59. The lowest BCUT2D eigenvalue weighted by Crippen LogP contribution is -2.38. The summed E-state index contributed by atoms with van der Waals surface area (Å²) in [6, 6.07) is 7.69. The van der Waals surface area contributed by atoms with Crippen molar-refractivity contribution in [1.29, 1.82) is 0 Å². The molecule has 0 saturated heterocycles. The van der Waals surface area contributed by atoms with Crippen LogP contribution < -0.4 is 16.4 Å². The molecule has 0 spiro atoms. The second-order valence-corrected chi connectivity index (χ2v) is 13.2. The average Bonchev–Trinajstić information content (AvgIpc) is 3.69.